The molecule has 0 spiro atoms. The van der Waals surface area contributed by atoms with Crippen LogP contribution in [0, 0.1) is 5.82 Å². The van der Waals surface area contributed by atoms with E-state index in [1.165, 1.54) is 12.1 Å². The molecule has 0 amide bonds. The van der Waals surface area contributed by atoms with Crippen LogP contribution in [0.25, 0.3) is 56.1 Å². The van der Waals surface area contributed by atoms with Gasteiger partial charge in [0.25, 0.3) is 0 Å². The fourth-order valence-corrected chi connectivity index (χ4v) is 4.29. The summed E-state index contributed by atoms with van der Waals surface area (Å²) in [6, 6.07) is 14.5. The maximum Gasteiger partial charge on any atom is 0.181 e. The molecule has 0 unspecified atom stereocenters. The zero-order valence-corrected chi connectivity index (χ0v) is 20.3. The van der Waals surface area contributed by atoms with E-state index in [-0.39, 0.29) is 5.82 Å². The summed E-state index contributed by atoms with van der Waals surface area (Å²) in [6.45, 7) is 1.54. The molecule has 1 aromatic carbocycles. The number of aromatic nitrogens is 7. The van der Waals surface area contributed by atoms with Gasteiger partial charge in [-0.2, -0.15) is 5.10 Å². The Morgan fingerprint density at radius 2 is 1.86 bits per heavy atom. The van der Waals surface area contributed by atoms with E-state index in [0.29, 0.717) is 40.6 Å². The number of aromatic amines is 2. The molecule has 6 rings (SSSR count). The first-order valence-corrected chi connectivity index (χ1v) is 11.9. The molecule has 0 bridgehead atoms. The lowest BCUT2D eigenvalue weighted by molar-refractivity contribution is 0.425. The molecule has 0 fully saturated rings. The number of hydrogen-bond acceptors (Lipinski definition) is 7. The molecule has 3 N–H and O–H groups in total. The Bertz CT molecular complexity index is 1710. The molecule has 0 radical (unpaired) electrons. The van der Waals surface area contributed by atoms with Gasteiger partial charge in [-0.1, -0.05) is 6.07 Å². The number of rotatable bonds is 7. The van der Waals surface area contributed by atoms with Gasteiger partial charge in [0, 0.05) is 48.5 Å². The Hall–Kier alpha value is -4.70. The van der Waals surface area contributed by atoms with Crippen molar-refractivity contribution < 1.29 is 4.39 Å². The lowest BCUT2D eigenvalue weighted by Gasteiger charge is -2.13. The van der Waals surface area contributed by atoms with E-state index in [1.54, 1.807) is 18.6 Å². The summed E-state index contributed by atoms with van der Waals surface area (Å²) in [5.41, 5.74) is 6.43. The number of nitrogens with zero attached hydrogens (tertiary/aromatic N) is 6. The number of H-pyrrole nitrogens is 2. The van der Waals surface area contributed by atoms with Crippen molar-refractivity contribution in [3.63, 3.8) is 0 Å². The van der Waals surface area contributed by atoms with Gasteiger partial charge in [0.1, 0.15) is 11.5 Å². The second-order valence-corrected chi connectivity index (χ2v) is 9.01. The first-order valence-electron chi connectivity index (χ1n) is 11.9. The van der Waals surface area contributed by atoms with Crippen LogP contribution in [0.2, 0.25) is 0 Å². The fraction of sp³-hybridized carbons (Fsp3) is 0.148. The van der Waals surface area contributed by atoms with Crippen molar-refractivity contribution in [3.8, 4) is 33.9 Å². The van der Waals surface area contributed by atoms with Crippen molar-refractivity contribution in [2.75, 3.05) is 32.5 Å². The third-order valence-corrected chi connectivity index (χ3v) is 6.10. The van der Waals surface area contributed by atoms with Gasteiger partial charge < -0.3 is 15.2 Å². The monoisotopic (exact) mass is 493 g/mol. The van der Waals surface area contributed by atoms with Crippen LogP contribution in [0.15, 0.2) is 67.1 Å². The predicted molar refractivity (Wildman–Crippen MR) is 142 cm³/mol. The number of pyridine rings is 3. The van der Waals surface area contributed by atoms with Crippen LogP contribution in [0.3, 0.4) is 0 Å². The molecule has 10 heteroatoms. The van der Waals surface area contributed by atoms with Gasteiger partial charge >= 0.3 is 0 Å². The van der Waals surface area contributed by atoms with Crippen LogP contribution >= 0.6 is 0 Å². The summed E-state index contributed by atoms with van der Waals surface area (Å²) in [7, 11) is 4.00. The SMILES string of the molecule is CN(C)CCNc1cc(F)cc(-c2ccnc3nc(-c4[nH]nc5ncc(-c6ccccn6)cc45)[nH]c23)c1. The second-order valence-electron chi connectivity index (χ2n) is 9.01. The molecule has 5 aromatic heterocycles. The van der Waals surface area contributed by atoms with E-state index in [1.807, 2.05) is 50.5 Å². The van der Waals surface area contributed by atoms with Crippen LogP contribution < -0.4 is 5.32 Å². The molecular weight excluding hydrogens is 469 g/mol. The highest BCUT2D eigenvalue weighted by molar-refractivity contribution is 5.96. The quantitative estimate of drug-likeness (QED) is 0.295. The van der Waals surface area contributed by atoms with Crippen LogP contribution in [0.5, 0.6) is 0 Å². The number of halogens is 1. The van der Waals surface area contributed by atoms with Gasteiger partial charge in [0.2, 0.25) is 0 Å². The molecule has 37 heavy (non-hydrogen) atoms. The molecule has 0 aliphatic carbocycles. The lowest BCUT2D eigenvalue weighted by atomic mass is 10.0. The number of benzene rings is 1. The van der Waals surface area contributed by atoms with E-state index in [2.05, 4.69) is 40.3 Å². The highest BCUT2D eigenvalue weighted by atomic mass is 19.1. The smallest absolute Gasteiger partial charge is 0.181 e. The van der Waals surface area contributed by atoms with Gasteiger partial charge in [-0.25, -0.2) is 19.3 Å². The molecule has 6 aromatic rings. The van der Waals surface area contributed by atoms with Crippen molar-refractivity contribution in [3.05, 3.63) is 72.9 Å². The molecule has 184 valence electrons. The summed E-state index contributed by atoms with van der Waals surface area (Å²) < 4.78 is 14.6. The van der Waals surface area contributed by atoms with Crippen molar-refractivity contribution in [2.45, 2.75) is 0 Å². The van der Waals surface area contributed by atoms with E-state index in [4.69, 9.17) is 4.98 Å². The van der Waals surface area contributed by atoms with Crippen LogP contribution in [0.1, 0.15) is 0 Å². The maximum absolute atomic E-state index is 14.6. The number of hydrogen-bond donors (Lipinski definition) is 3. The number of imidazole rings is 1. The van der Waals surface area contributed by atoms with Crippen molar-refractivity contribution in [2.24, 2.45) is 0 Å². The number of anilines is 1. The van der Waals surface area contributed by atoms with Gasteiger partial charge in [-0.05, 0) is 62.1 Å². The highest BCUT2D eigenvalue weighted by Gasteiger charge is 2.17. The fourth-order valence-electron chi connectivity index (χ4n) is 4.29. The Morgan fingerprint density at radius 3 is 2.70 bits per heavy atom. The van der Waals surface area contributed by atoms with E-state index >= 15 is 0 Å². The molecule has 0 saturated heterocycles. The third-order valence-electron chi connectivity index (χ3n) is 6.10. The molecular formula is C27H24FN9. The van der Waals surface area contributed by atoms with Gasteiger partial charge in [0.05, 0.1) is 16.6 Å². The largest absolute Gasteiger partial charge is 0.384 e. The van der Waals surface area contributed by atoms with E-state index < -0.39 is 0 Å². The third kappa shape index (κ3) is 4.50. The van der Waals surface area contributed by atoms with Crippen molar-refractivity contribution in [1.82, 2.24) is 40.0 Å². The minimum absolute atomic E-state index is 0.317. The first-order chi connectivity index (χ1) is 18.0. The van der Waals surface area contributed by atoms with Crippen LogP contribution in [0.4, 0.5) is 10.1 Å². The summed E-state index contributed by atoms with van der Waals surface area (Å²) >= 11 is 0. The summed E-state index contributed by atoms with van der Waals surface area (Å²) in [6.07, 6.45) is 5.18. The summed E-state index contributed by atoms with van der Waals surface area (Å²) in [4.78, 5) is 23.5. The number of likely N-dealkylation sites (N-methyl/N-ethyl adjacent to an activating group) is 1. The molecule has 9 nitrogen and oxygen atoms in total. The van der Waals surface area contributed by atoms with Crippen LogP contribution in [-0.2, 0) is 0 Å². The Morgan fingerprint density at radius 1 is 0.946 bits per heavy atom. The van der Waals surface area contributed by atoms with E-state index in [0.717, 1.165) is 34.3 Å². The zero-order chi connectivity index (χ0) is 25.4. The number of nitrogens with one attached hydrogen (secondary N) is 3. The summed E-state index contributed by atoms with van der Waals surface area (Å²) in [5, 5.41) is 11.5. The standard InChI is InChI=1S/C27H24FN9/c1-37(2)10-9-29-19-12-16(11-18(28)14-19)20-6-8-31-26-23(20)33-27(34-26)24-21-13-17(15-32-25(21)36-35-24)22-5-3-4-7-30-22/h3-8,11-15,29H,9-10H2,1-2H3,(H,31,33,34)(H,32,35,36). The first kappa shape index (κ1) is 22.7. The number of fused-ring (bicyclic) bond motifs is 2. The van der Waals surface area contributed by atoms with Gasteiger partial charge in [0.15, 0.2) is 17.1 Å². The zero-order valence-electron chi connectivity index (χ0n) is 20.3. The van der Waals surface area contributed by atoms with Gasteiger partial charge in [-0.15, -0.1) is 0 Å². The lowest BCUT2D eigenvalue weighted by Crippen LogP contribution is -2.20. The highest BCUT2D eigenvalue weighted by Crippen LogP contribution is 2.32. The minimum atomic E-state index is -0.317. The van der Waals surface area contributed by atoms with Crippen molar-refractivity contribution >= 4 is 27.9 Å². The molecule has 0 atom stereocenters. The van der Waals surface area contributed by atoms with Crippen molar-refractivity contribution in [1.29, 1.82) is 0 Å². The molecule has 0 saturated carbocycles. The predicted octanol–water partition coefficient (Wildman–Crippen LogP) is 4.74. The maximum atomic E-state index is 14.6. The minimum Gasteiger partial charge on any atom is -0.384 e. The normalized spacial score (nSPS) is 11.6. The summed E-state index contributed by atoms with van der Waals surface area (Å²) in [5.74, 6) is 0.250. The van der Waals surface area contributed by atoms with E-state index in [9.17, 15) is 4.39 Å². The molecule has 5 heterocycles. The second kappa shape index (κ2) is 9.40. The van der Waals surface area contributed by atoms with Crippen LogP contribution in [-0.4, -0.2) is 67.2 Å². The molecule has 0 aliphatic heterocycles. The Labute approximate surface area is 211 Å². The Balaban J connectivity index is 1.41. The Kier molecular flexibility index (Phi) is 5.78. The van der Waals surface area contributed by atoms with Gasteiger partial charge in [-0.3, -0.25) is 10.1 Å². The molecule has 0 aliphatic rings. The topological polar surface area (TPSA) is 111 Å². The average Bonchev–Trinajstić information content (AvgIpc) is 3.52. The average molecular weight is 494 g/mol.